The second-order valence-corrected chi connectivity index (χ2v) is 5.40. The molecule has 0 aliphatic rings. The maximum atomic E-state index is 11.6. The minimum absolute atomic E-state index is 0.0418. The van der Waals surface area contributed by atoms with Crippen LogP contribution in [0.25, 0.3) is 5.65 Å². The highest BCUT2D eigenvalue weighted by Gasteiger charge is 2.16. The number of halogens is 1. The van der Waals surface area contributed by atoms with Crippen molar-refractivity contribution < 1.29 is 9.53 Å². The van der Waals surface area contributed by atoms with Crippen molar-refractivity contribution >= 4 is 28.9 Å². The molecule has 0 saturated heterocycles. The molecule has 2 aromatic rings. The summed E-state index contributed by atoms with van der Waals surface area (Å²) in [6, 6.07) is 1.62. The largest absolute Gasteiger partial charge is 0.459 e. The number of anilines is 1. The summed E-state index contributed by atoms with van der Waals surface area (Å²) in [4.78, 5) is 15.8. The molecule has 0 radical (unpaired) electrons. The van der Waals surface area contributed by atoms with Crippen molar-refractivity contribution in [1.82, 2.24) is 14.6 Å². The molecule has 0 aliphatic carbocycles. The van der Waals surface area contributed by atoms with Gasteiger partial charge >= 0.3 is 5.97 Å². The van der Waals surface area contributed by atoms with Gasteiger partial charge < -0.3 is 10.1 Å². The van der Waals surface area contributed by atoms with Gasteiger partial charge in [0.05, 0.1) is 5.69 Å². The highest BCUT2D eigenvalue weighted by molar-refractivity contribution is 6.29. The van der Waals surface area contributed by atoms with Crippen LogP contribution in [0.4, 0.5) is 5.69 Å². The van der Waals surface area contributed by atoms with Crippen LogP contribution in [0.3, 0.4) is 0 Å². The first-order valence-electron chi connectivity index (χ1n) is 5.81. The van der Waals surface area contributed by atoms with Crippen LogP contribution in [-0.2, 0) is 9.53 Å². The number of carbonyl (C=O) groups excluding carboxylic acids is 1. The molecule has 0 spiro atoms. The van der Waals surface area contributed by atoms with E-state index in [-0.39, 0.29) is 12.5 Å². The Morgan fingerprint density at radius 2 is 2.26 bits per heavy atom. The van der Waals surface area contributed by atoms with Gasteiger partial charge in [0, 0.05) is 18.5 Å². The van der Waals surface area contributed by atoms with E-state index in [1.807, 2.05) is 20.8 Å². The first kappa shape index (κ1) is 13.6. The number of carbonyl (C=O) groups is 1. The molecule has 2 aromatic heterocycles. The Labute approximate surface area is 115 Å². The van der Waals surface area contributed by atoms with E-state index in [9.17, 15) is 4.79 Å². The highest BCUT2D eigenvalue weighted by atomic mass is 35.5. The molecule has 0 aromatic carbocycles. The van der Waals surface area contributed by atoms with Gasteiger partial charge in [0.2, 0.25) is 0 Å². The molecule has 1 N–H and O–H groups in total. The topological polar surface area (TPSA) is 68.5 Å². The number of esters is 1. The predicted molar refractivity (Wildman–Crippen MR) is 72.3 cm³/mol. The molecule has 0 atom stereocenters. The van der Waals surface area contributed by atoms with Crippen LogP contribution in [0.2, 0.25) is 5.15 Å². The quantitative estimate of drug-likeness (QED) is 0.874. The Bertz CT molecular complexity index is 603. The lowest BCUT2D eigenvalue weighted by Gasteiger charge is -2.19. The van der Waals surface area contributed by atoms with Crippen molar-refractivity contribution in [3.8, 4) is 0 Å². The van der Waals surface area contributed by atoms with Crippen LogP contribution in [0.15, 0.2) is 18.5 Å². The SMILES string of the molecule is CC(C)(C)OC(=O)CNc1cc(Cl)nn2ccnc12. The Hall–Kier alpha value is -1.82. The fourth-order valence-electron chi connectivity index (χ4n) is 1.56. The number of ether oxygens (including phenoxy) is 1. The summed E-state index contributed by atoms with van der Waals surface area (Å²) in [6.07, 6.45) is 3.29. The predicted octanol–water partition coefficient (Wildman–Crippen LogP) is 2.14. The third-order valence-corrected chi connectivity index (χ3v) is 2.36. The molecule has 2 rings (SSSR count). The fourth-order valence-corrected chi connectivity index (χ4v) is 1.75. The third-order valence-electron chi connectivity index (χ3n) is 2.17. The summed E-state index contributed by atoms with van der Waals surface area (Å²) in [7, 11) is 0. The third kappa shape index (κ3) is 3.57. The molecule has 0 aliphatic heterocycles. The van der Waals surface area contributed by atoms with Crippen LogP contribution in [-0.4, -0.2) is 32.7 Å². The van der Waals surface area contributed by atoms with E-state index < -0.39 is 5.60 Å². The Kier molecular flexibility index (Phi) is 3.61. The summed E-state index contributed by atoms with van der Waals surface area (Å²) in [6.45, 7) is 5.50. The molecule has 6 nitrogen and oxygen atoms in total. The van der Waals surface area contributed by atoms with E-state index in [1.54, 1.807) is 23.0 Å². The number of hydrogen-bond donors (Lipinski definition) is 1. The van der Waals surface area contributed by atoms with Crippen LogP contribution in [0.1, 0.15) is 20.8 Å². The second-order valence-electron chi connectivity index (χ2n) is 5.02. The minimum atomic E-state index is -0.503. The Morgan fingerprint density at radius 3 is 2.95 bits per heavy atom. The lowest BCUT2D eigenvalue weighted by Crippen LogP contribution is -2.28. The molecule has 0 fully saturated rings. The van der Waals surface area contributed by atoms with Gasteiger partial charge in [0.1, 0.15) is 12.1 Å². The molecule has 102 valence electrons. The van der Waals surface area contributed by atoms with Gasteiger partial charge in [0.25, 0.3) is 0 Å². The first-order valence-corrected chi connectivity index (χ1v) is 6.18. The van der Waals surface area contributed by atoms with E-state index in [4.69, 9.17) is 16.3 Å². The van der Waals surface area contributed by atoms with Crippen LogP contribution in [0.5, 0.6) is 0 Å². The van der Waals surface area contributed by atoms with Gasteiger partial charge in [-0.15, -0.1) is 0 Å². The van der Waals surface area contributed by atoms with Crippen molar-refractivity contribution in [3.63, 3.8) is 0 Å². The standard InChI is InChI=1S/C12H15ClN4O2/c1-12(2,3)19-10(18)7-15-8-6-9(13)16-17-5-4-14-11(8)17/h4-6,15H,7H2,1-3H3. The normalized spacial score (nSPS) is 11.6. The van der Waals surface area contributed by atoms with Crippen LogP contribution in [0, 0.1) is 0 Å². The molecule has 7 heteroatoms. The van der Waals surface area contributed by atoms with Gasteiger partial charge in [-0.2, -0.15) is 5.10 Å². The van der Waals surface area contributed by atoms with Crippen LogP contribution < -0.4 is 5.32 Å². The smallest absolute Gasteiger partial charge is 0.325 e. The molecule has 0 bridgehead atoms. The number of imidazole rings is 1. The van der Waals surface area contributed by atoms with E-state index >= 15 is 0 Å². The Balaban J connectivity index is 2.09. The molecular weight excluding hydrogens is 268 g/mol. The molecule has 2 heterocycles. The molecule has 0 saturated carbocycles. The van der Waals surface area contributed by atoms with Crippen molar-refractivity contribution in [2.75, 3.05) is 11.9 Å². The Morgan fingerprint density at radius 1 is 1.53 bits per heavy atom. The van der Waals surface area contributed by atoms with E-state index in [1.165, 1.54) is 0 Å². The number of aromatic nitrogens is 3. The maximum Gasteiger partial charge on any atom is 0.325 e. The minimum Gasteiger partial charge on any atom is -0.459 e. The summed E-state index contributed by atoms with van der Waals surface area (Å²) in [5.74, 6) is -0.342. The zero-order chi connectivity index (χ0) is 14.0. The van der Waals surface area contributed by atoms with E-state index in [2.05, 4.69) is 15.4 Å². The fraction of sp³-hybridized carbons (Fsp3) is 0.417. The summed E-state index contributed by atoms with van der Waals surface area (Å²) in [5.41, 5.74) is 0.737. The summed E-state index contributed by atoms with van der Waals surface area (Å²) in [5, 5.41) is 7.32. The zero-order valence-electron chi connectivity index (χ0n) is 11.0. The first-order chi connectivity index (χ1) is 8.85. The zero-order valence-corrected chi connectivity index (χ0v) is 11.7. The van der Waals surface area contributed by atoms with E-state index in [0.29, 0.717) is 16.5 Å². The average Bonchev–Trinajstić information content (AvgIpc) is 2.71. The number of rotatable bonds is 3. The monoisotopic (exact) mass is 282 g/mol. The molecule has 0 amide bonds. The van der Waals surface area contributed by atoms with Gasteiger partial charge in [-0.1, -0.05) is 11.6 Å². The van der Waals surface area contributed by atoms with Gasteiger partial charge in [0.15, 0.2) is 10.8 Å². The number of nitrogens with zero attached hydrogens (tertiary/aromatic N) is 3. The molecular formula is C12H15ClN4O2. The van der Waals surface area contributed by atoms with Crippen molar-refractivity contribution in [1.29, 1.82) is 0 Å². The highest BCUT2D eigenvalue weighted by Crippen LogP contribution is 2.18. The second kappa shape index (κ2) is 5.05. The van der Waals surface area contributed by atoms with Gasteiger partial charge in [-0.25, -0.2) is 9.50 Å². The average molecular weight is 283 g/mol. The van der Waals surface area contributed by atoms with Gasteiger partial charge in [-0.05, 0) is 20.8 Å². The lowest BCUT2D eigenvalue weighted by molar-refractivity contribution is -0.152. The van der Waals surface area contributed by atoms with Crippen molar-refractivity contribution in [3.05, 3.63) is 23.6 Å². The number of fused-ring (bicyclic) bond motifs is 1. The van der Waals surface area contributed by atoms with Crippen molar-refractivity contribution in [2.45, 2.75) is 26.4 Å². The number of hydrogen-bond acceptors (Lipinski definition) is 5. The van der Waals surface area contributed by atoms with Crippen molar-refractivity contribution in [2.24, 2.45) is 0 Å². The molecule has 0 unspecified atom stereocenters. The van der Waals surface area contributed by atoms with Gasteiger partial charge in [-0.3, -0.25) is 4.79 Å². The van der Waals surface area contributed by atoms with Crippen LogP contribution >= 0.6 is 11.6 Å². The lowest BCUT2D eigenvalue weighted by atomic mass is 10.2. The van der Waals surface area contributed by atoms with E-state index in [0.717, 1.165) is 0 Å². The maximum absolute atomic E-state index is 11.6. The summed E-state index contributed by atoms with van der Waals surface area (Å²) < 4.78 is 6.75. The number of nitrogens with one attached hydrogen (secondary N) is 1. The summed E-state index contributed by atoms with van der Waals surface area (Å²) >= 11 is 5.89. The molecule has 19 heavy (non-hydrogen) atoms.